The molecule has 3 atom stereocenters. The number of nitrogens with zero attached hydrogens (tertiary/aromatic N) is 1. The molecule has 35 heavy (non-hydrogen) atoms. The van der Waals surface area contributed by atoms with E-state index < -0.39 is 5.54 Å². The van der Waals surface area contributed by atoms with Gasteiger partial charge in [-0.05, 0) is 106 Å². The van der Waals surface area contributed by atoms with E-state index in [4.69, 9.17) is 9.31 Å². The molecule has 0 aromatic carbocycles. The van der Waals surface area contributed by atoms with E-state index in [0.29, 0.717) is 12.3 Å². The Balaban J connectivity index is 1.78. The molecule has 2 aliphatic heterocycles. The maximum Gasteiger partial charge on any atom is 0.457 e. The lowest BCUT2D eigenvalue weighted by molar-refractivity contribution is -0.140. The van der Waals surface area contributed by atoms with Gasteiger partial charge >= 0.3 is 7.12 Å². The summed E-state index contributed by atoms with van der Waals surface area (Å²) in [4.78, 5) is 28.9. The first-order valence-electron chi connectivity index (χ1n) is 13.8. The van der Waals surface area contributed by atoms with Crippen LogP contribution in [0.5, 0.6) is 0 Å². The summed E-state index contributed by atoms with van der Waals surface area (Å²) >= 11 is 0. The molecule has 1 saturated carbocycles. The second-order valence-electron chi connectivity index (χ2n) is 13.3. The third kappa shape index (κ3) is 7.01. The molecule has 3 rings (SSSR count). The Bertz CT molecular complexity index is 744. The SMILES string of the molecule is CC(=O)N[C@]1(C(=O)NC(C)(C)C)C[C@H](CCB2OC(C)(C)C(C)(C)O2)CC[C@H]1CN1CCCCC1. The van der Waals surface area contributed by atoms with Crippen LogP contribution in [-0.4, -0.2) is 65.7 Å². The monoisotopic (exact) mass is 491 g/mol. The Morgan fingerprint density at radius 2 is 1.60 bits per heavy atom. The van der Waals surface area contributed by atoms with Crippen molar-refractivity contribution in [3.05, 3.63) is 0 Å². The smallest absolute Gasteiger partial charge is 0.403 e. The highest BCUT2D eigenvalue weighted by molar-refractivity contribution is 6.45. The molecule has 8 heteroatoms. The van der Waals surface area contributed by atoms with Crippen LogP contribution in [0.3, 0.4) is 0 Å². The highest BCUT2D eigenvalue weighted by Crippen LogP contribution is 2.43. The number of rotatable bonds is 7. The van der Waals surface area contributed by atoms with Crippen molar-refractivity contribution in [1.82, 2.24) is 15.5 Å². The lowest BCUT2D eigenvalue weighted by Gasteiger charge is -2.48. The molecule has 0 radical (unpaired) electrons. The fourth-order valence-electron chi connectivity index (χ4n) is 6.06. The number of amides is 2. The molecule has 2 N–H and O–H groups in total. The van der Waals surface area contributed by atoms with E-state index in [1.54, 1.807) is 0 Å². The van der Waals surface area contributed by atoms with E-state index in [1.807, 2.05) is 20.8 Å². The molecule has 0 aromatic rings. The fraction of sp³-hybridized carbons (Fsp3) is 0.926. The molecule has 0 spiro atoms. The third-order valence-corrected chi connectivity index (χ3v) is 8.56. The van der Waals surface area contributed by atoms with Crippen molar-refractivity contribution in [2.45, 2.75) is 129 Å². The Labute approximate surface area is 214 Å². The van der Waals surface area contributed by atoms with Crippen LogP contribution in [0.2, 0.25) is 6.32 Å². The topological polar surface area (TPSA) is 79.9 Å². The van der Waals surface area contributed by atoms with Gasteiger partial charge < -0.3 is 24.8 Å². The molecule has 0 aromatic heterocycles. The van der Waals surface area contributed by atoms with Crippen LogP contribution in [0.1, 0.15) is 100 Å². The molecular weight excluding hydrogens is 441 g/mol. The van der Waals surface area contributed by atoms with Crippen molar-refractivity contribution in [3.8, 4) is 0 Å². The van der Waals surface area contributed by atoms with Crippen molar-refractivity contribution < 1.29 is 18.9 Å². The fourth-order valence-corrected chi connectivity index (χ4v) is 6.06. The first-order valence-corrected chi connectivity index (χ1v) is 13.8. The van der Waals surface area contributed by atoms with Gasteiger partial charge in [0.2, 0.25) is 11.8 Å². The molecule has 2 saturated heterocycles. The average molecular weight is 492 g/mol. The molecule has 3 aliphatic rings. The van der Waals surface area contributed by atoms with Crippen LogP contribution in [0.15, 0.2) is 0 Å². The number of likely N-dealkylation sites (tertiary alicyclic amines) is 1. The Morgan fingerprint density at radius 3 is 2.14 bits per heavy atom. The predicted octanol–water partition coefficient (Wildman–Crippen LogP) is 4.16. The predicted molar refractivity (Wildman–Crippen MR) is 141 cm³/mol. The number of piperidine rings is 1. The van der Waals surface area contributed by atoms with Gasteiger partial charge in [-0.25, -0.2) is 0 Å². The van der Waals surface area contributed by atoms with Gasteiger partial charge in [0.15, 0.2) is 0 Å². The number of hydrogen-bond donors (Lipinski definition) is 2. The van der Waals surface area contributed by atoms with E-state index in [2.05, 4.69) is 43.2 Å². The Hall–Kier alpha value is -1.12. The molecule has 2 amide bonds. The highest BCUT2D eigenvalue weighted by atomic mass is 16.7. The van der Waals surface area contributed by atoms with Gasteiger partial charge in [0, 0.05) is 24.9 Å². The first-order chi connectivity index (χ1) is 16.1. The van der Waals surface area contributed by atoms with Gasteiger partial charge in [-0.3, -0.25) is 9.59 Å². The quantitative estimate of drug-likeness (QED) is 0.523. The van der Waals surface area contributed by atoms with Gasteiger partial charge in [-0.2, -0.15) is 0 Å². The van der Waals surface area contributed by atoms with E-state index in [1.165, 1.54) is 26.2 Å². The molecule has 3 fully saturated rings. The van der Waals surface area contributed by atoms with Crippen LogP contribution in [0.25, 0.3) is 0 Å². The zero-order valence-corrected chi connectivity index (χ0v) is 23.6. The third-order valence-electron chi connectivity index (χ3n) is 8.56. The van der Waals surface area contributed by atoms with Gasteiger partial charge in [-0.15, -0.1) is 0 Å². The lowest BCUT2D eigenvalue weighted by Crippen LogP contribution is -2.68. The summed E-state index contributed by atoms with van der Waals surface area (Å²) in [5.74, 6) is 0.246. The average Bonchev–Trinajstić information content (AvgIpc) is 2.93. The van der Waals surface area contributed by atoms with E-state index in [-0.39, 0.29) is 41.6 Å². The Morgan fingerprint density at radius 1 is 1.00 bits per heavy atom. The van der Waals surface area contributed by atoms with E-state index >= 15 is 0 Å². The Kier molecular flexibility index (Phi) is 8.70. The van der Waals surface area contributed by atoms with E-state index in [9.17, 15) is 9.59 Å². The first kappa shape index (κ1) is 28.5. The minimum absolute atomic E-state index is 0.0393. The van der Waals surface area contributed by atoms with Crippen LogP contribution in [0, 0.1) is 11.8 Å². The number of hydrogen-bond acceptors (Lipinski definition) is 5. The largest absolute Gasteiger partial charge is 0.457 e. The van der Waals surface area contributed by atoms with Crippen LogP contribution in [0.4, 0.5) is 0 Å². The zero-order chi connectivity index (χ0) is 26.1. The molecule has 0 bridgehead atoms. The van der Waals surface area contributed by atoms with Gasteiger partial charge in [-0.1, -0.05) is 12.8 Å². The minimum Gasteiger partial charge on any atom is -0.403 e. The van der Waals surface area contributed by atoms with Crippen molar-refractivity contribution in [1.29, 1.82) is 0 Å². The number of carbonyl (C=O) groups is 2. The van der Waals surface area contributed by atoms with Crippen molar-refractivity contribution in [2.24, 2.45) is 11.8 Å². The molecule has 7 nitrogen and oxygen atoms in total. The van der Waals surface area contributed by atoms with Crippen LogP contribution < -0.4 is 10.6 Å². The number of nitrogens with one attached hydrogen (secondary N) is 2. The molecule has 2 heterocycles. The van der Waals surface area contributed by atoms with E-state index in [0.717, 1.165) is 45.2 Å². The van der Waals surface area contributed by atoms with Crippen molar-refractivity contribution in [2.75, 3.05) is 19.6 Å². The lowest BCUT2D eigenvalue weighted by atomic mass is 9.64. The molecular formula is C27H50BN3O4. The maximum absolute atomic E-state index is 13.9. The van der Waals surface area contributed by atoms with Crippen LogP contribution >= 0.6 is 0 Å². The summed E-state index contributed by atoms with van der Waals surface area (Å²) in [5.41, 5.74) is -1.93. The van der Waals surface area contributed by atoms with Gasteiger partial charge in [0.25, 0.3) is 0 Å². The summed E-state index contributed by atoms with van der Waals surface area (Å²) in [5, 5.41) is 6.42. The normalized spacial score (nSPS) is 31.3. The molecule has 200 valence electrons. The number of carbonyl (C=O) groups excluding carboxylic acids is 2. The minimum atomic E-state index is -0.893. The highest BCUT2D eigenvalue weighted by Gasteiger charge is 2.53. The summed E-state index contributed by atoms with van der Waals surface area (Å²) in [6, 6.07) is 0. The summed E-state index contributed by atoms with van der Waals surface area (Å²) in [7, 11) is -0.232. The molecule has 1 aliphatic carbocycles. The van der Waals surface area contributed by atoms with Crippen molar-refractivity contribution >= 4 is 18.9 Å². The van der Waals surface area contributed by atoms with Gasteiger partial charge in [0.1, 0.15) is 5.54 Å². The summed E-state index contributed by atoms with van der Waals surface area (Å²) < 4.78 is 12.5. The second-order valence-corrected chi connectivity index (χ2v) is 13.3. The van der Waals surface area contributed by atoms with Crippen LogP contribution in [-0.2, 0) is 18.9 Å². The standard InChI is InChI=1S/C27H50BN3O4/c1-20(32)29-27(23(33)30-24(2,3)4)18-21(12-13-22(27)19-31-16-10-9-11-17-31)14-15-28-34-25(5,6)26(7,8)35-28/h21-22H,9-19H2,1-8H3,(H,29,32)(H,30,33)/t21-,22-,27+/m0/s1. The summed E-state index contributed by atoms with van der Waals surface area (Å²) in [6.45, 7) is 18.9. The maximum atomic E-state index is 13.9. The molecule has 0 unspecified atom stereocenters. The van der Waals surface area contributed by atoms with Crippen molar-refractivity contribution in [3.63, 3.8) is 0 Å². The van der Waals surface area contributed by atoms with Gasteiger partial charge in [0.05, 0.1) is 11.2 Å². The zero-order valence-electron chi connectivity index (χ0n) is 23.6. The second kappa shape index (κ2) is 10.7. The summed E-state index contributed by atoms with van der Waals surface area (Å²) in [6.07, 6.45) is 8.07.